The molecule has 0 bridgehead atoms. The van der Waals surface area contributed by atoms with Gasteiger partial charge in [0.05, 0.1) is 23.8 Å². The minimum Gasteiger partial charge on any atom is -0.493 e. The number of aryl methyl sites for hydroxylation is 1. The summed E-state index contributed by atoms with van der Waals surface area (Å²) in [7, 11) is 1.87. The van der Waals surface area contributed by atoms with Gasteiger partial charge in [-0.25, -0.2) is 9.48 Å². The first-order valence-corrected chi connectivity index (χ1v) is 9.18. The monoisotopic (exact) mass is 379 g/mol. The van der Waals surface area contributed by atoms with Crippen LogP contribution in [-0.2, 0) is 20.0 Å². The molecule has 0 fully saturated rings. The zero-order valence-corrected chi connectivity index (χ0v) is 15.5. The molecule has 28 heavy (non-hydrogen) atoms. The Balaban J connectivity index is 1.54. The van der Waals surface area contributed by atoms with E-state index in [4.69, 9.17) is 5.73 Å². The number of nitrogens with one attached hydrogen (secondary N) is 1. The molecule has 2 unspecified atom stereocenters. The second-order valence-corrected chi connectivity index (χ2v) is 7.50. The first-order chi connectivity index (χ1) is 13.4. The number of rotatable bonds is 2. The minimum absolute atomic E-state index is 0.0169. The number of H-pyrrole nitrogens is 1. The number of hydrogen-bond acceptors (Lipinski definition) is 5. The summed E-state index contributed by atoms with van der Waals surface area (Å²) >= 11 is 0. The zero-order chi connectivity index (χ0) is 19.6. The van der Waals surface area contributed by atoms with E-state index in [0.717, 1.165) is 28.8 Å². The van der Waals surface area contributed by atoms with E-state index in [1.807, 2.05) is 19.3 Å². The third kappa shape index (κ3) is 2.29. The van der Waals surface area contributed by atoms with Crippen molar-refractivity contribution in [3.8, 4) is 17.0 Å². The Hall–Kier alpha value is -3.49. The molecule has 9 heteroatoms. The summed E-state index contributed by atoms with van der Waals surface area (Å²) in [4.78, 5) is 14.6. The second kappa shape index (κ2) is 5.75. The fraction of sp³-hybridized carbons (Fsp3) is 0.316. The van der Waals surface area contributed by atoms with Gasteiger partial charge in [-0.15, -0.1) is 0 Å². The molecule has 0 saturated heterocycles. The van der Waals surface area contributed by atoms with Crippen LogP contribution < -0.4 is 11.4 Å². The highest BCUT2D eigenvalue weighted by Gasteiger charge is 2.35. The minimum atomic E-state index is -0.281. The van der Waals surface area contributed by atoms with Gasteiger partial charge >= 0.3 is 5.69 Å². The Kier molecular flexibility index (Phi) is 3.42. The summed E-state index contributed by atoms with van der Waals surface area (Å²) in [5.74, 6) is 0.657. The van der Waals surface area contributed by atoms with Crippen molar-refractivity contribution in [2.45, 2.75) is 19.4 Å². The van der Waals surface area contributed by atoms with E-state index < -0.39 is 0 Å². The van der Waals surface area contributed by atoms with E-state index in [-0.39, 0.29) is 23.4 Å². The fourth-order valence-electron chi connectivity index (χ4n) is 4.44. The van der Waals surface area contributed by atoms with Crippen LogP contribution in [0.4, 0.5) is 0 Å². The lowest BCUT2D eigenvalue weighted by Crippen LogP contribution is -2.33. The van der Waals surface area contributed by atoms with Gasteiger partial charge in [-0.1, -0.05) is 6.58 Å². The Morgan fingerprint density at radius 1 is 1.36 bits per heavy atom. The number of aromatic hydroxyl groups is 1. The Labute approximate surface area is 160 Å². The molecular formula is C19H21N7O2. The van der Waals surface area contributed by atoms with Crippen molar-refractivity contribution in [3.05, 3.63) is 53.1 Å². The molecule has 144 valence electrons. The molecule has 0 aromatic carbocycles. The van der Waals surface area contributed by atoms with E-state index in [1.54, 1.807) is 26.3 Å². The number of nitrogens with zero attached hydrogens (tertiary/aromatic N) is 5. The molecule has 3 aromatic heterocycles. The number of imidazole rings is 1. The molecule has 0 amide bonds. The van der Waals surface area contributed by atoms with Crippen LogP contribution in [0.1, 0.15) is 17.8 Å². The first kappa shape index (κ1) is 16.7. The van der Waals surface area contributed by atoms with Gasteiger partial charge < -0.3 is 10.8 Å². The lowest BCUT2D eigenvalue weighted by Gasteiger charge is -2.33. The van der Waals surface area contributed by atoms with Gasteiger partial charge in [-0.2, -0.15) is 10.2 Å². The number of aromatic amines is 1. The van der Waals surface area contributed by atoms with Crippen molar-refractivity contribution in [2.75, 3.05) is 0 Å². The largest absolute Gasteiger partial charge is 0.493 e. The molecule has 0 spiro atoms. The molecule has 2 aliphatic rings. The molecule has 9 nitrogen and oxygen atoms in total. The van der Waals surface area contributed by atoms with E-state index in [2.05, 4.69) is 21.8 Å². The van der Waals surface area contributed by atoms with Gasteiger partial charge in [0.25, 0.3) is 0 Å². The summed E-state index contributed by atoms with van der Waals surface area (Å²) in [5, 5.41) is 18.6. The normalized spacial score (nSPS) is 21.3. The van der Waals surface area contributed by atoms with Crippen molar-refractivity contribution in [3.63, 3.8) is 0 Å². The highest BCUT2D eigenvalue weighted by molar-refractivity contribution is 5.83. The quantitative estimate of drug-likeness (QED) is 0.617. The maximum atomic E-state index is 12.1. The fourth-order valence-corrected chi connectivity index (χ4v) is 4.44. The average molecular weight is 379 g/mol. The van der Waals surface area contributed by atoms with Crippen molar-refractivity contribution >= 4 is 11.4 Å². The molecule has 0 radical (unpaired) electrons. The standard InChI is InChI=1S/C19H21N7O2/c1-10-13(11-3-4-15-18(27)23-19(28)25(15)9-11)5-16(20)26-17(10)14(7-22-26)12-6-21-24(2)8-12/h5-8,11,13,27H,1,3-4,9,20H2,2H3,(H,23,28). The molecule has 5 heterocycles. The highest BCUT2D eigenvalue weighted by atomic mass is 16.3. The predicted molar refractivity (Wildman–Crippen MR) is 104 cm³/mol. The molecule has 2 aliphatic heterocycles. The molecule has 0 saturated carbocycles. The van der Waals surface area contributed by atoms with Crippen LogP contribution in [0.2, 0.25) is 0 Å². The van der Waals surface area contributed by atoms with Crippen LogP contribution >= 0.6 is 0 Å². The van der Waals surface area contributed by atoms with E-state index in [9.17, 15) is 9.90 Å². The molecule has 3 aromatic rings. The molecular weight excluding hydrogens is 358 g/mol. The number of allylic oxidation sites excluding steroid dienone is 2. The summed E-state index contributed by atoms with van der Waals surface area (Å²) < 4.78 is 5.08. The average Bonchev–Trinajstić information content (AvgIpc) is 3.36. The molecule has 2 atom stereocenters. The smallest absolute Gasteiger partial charge is 0.328 e. The van der Waals surface area contributed by atoms with E-state index >= 15 is 0 Å². The van der Waals surface area contributed by atoms with Crippen LogP contribution in [0.15, 0.2) is 36.0 Å². The molecule has 4 N–H and O–H groups in total. The van der Waals surface area contributed by atoms with Crippen LogP contribution in [0.5, 0.6) is 5.88 Å². The van der Waals surface area contributed by atoms with Crippen LogP contribution in [-0.4, -0.2) is 34.2 Å². The van der Waals surface area contributed by atoms with Gasteiger partial charge in [0.2, 0.25) is 5.88 Å². The SMILES string of the molecule is C=C1c2c(-c3cnn(C)c3)cnn2C(N)=CC1C1CCc2c(O)[nH]c(=O)n2C1. The molecule has 0 aliphatic carbocycles. The highest BCUT2D eigenvalue weighted by Crippen LogP contribution is 2.42. The van der Waals surface area contributed by atoms with Crippen molar-refractivity contribution in [1.82, 2.24) is 29.1 Å². The van der Waals surface area contributed by atoms with E-state index in [0.29, 0.717) is 24.5 Å². The van der Waals surface area contributed by atoms with Crippen molar-refractivity contribution < 1.29 is 5.11 Å². The van der Waals surface area contributed by atoms with Gasteiger partial charge in [0.15, 0.2) is 0 Å². The maximum absolute atomic E-state index is 12.1. The lowest BCUT2D eigenvalue weighted by molar-refractivity contribution is 0.320. The Bertz CT molecular complexity index is 1190. The third-order valence-electron chi connectivity index (χ3n) is 5.83. The van der Waals surface area contributed by atoms with Gasteiger partial charge in [-0.05, 0) is 30.4 Å². The van der Waals surface area contributed by atoms with Crippen molar-refractivity contribution in [2.24, 2.45) is 24.6 Å². The summed E-state index contributed by atoms with van der Waals surface area (Å²) in [6.07, 6.45) is 8.94. The predicted octanol–water partition coefficient (Wildman–Crippen LogP) is 1.14. The Morgan fingerprint density at radius 3 is 2.93 bits per heavy atom. The summed E-state index contributed by atoms with van der Waals surface area (Å²) in [5.41, 5.74) is 10.4. The lowest BCUT2D eigenvalue weighted by atomic mass is 9.78. The van der Waals surface area contributed by atoms with Crippen LogP contribution in [0.25, 0.3) is 22.5 Å². The number of nitrogens with two attached hydrogens (primary N) is 1. The number of aromatic nitrogens is 6. The number of hydrogen-bond donors (Lipinski definition) is 3. The first-order valence-electron chi connectivity index (χ1n) is 9.18. The van der Waals surface area contributed by atoms with Gasteiger partial charge in [-0.3, -0.25) is 14.2 Å². The van der Waals surface area contributed by atoms with Crippen LogP contribution in [0.3, 0.4) is 0 Å². The second-order valence-electron chi connectivity index (χ2n) is 7.50. The van der Waals surface area contributed by atoms with Gasteiger partial charge in [0.1, 0.15) is 5.82 Å². The maximum Gasteiger partial charge on any atom is 0.328 e. The van der Waals surface area contributed by atoms with E-state index in [1.165, 1.54) is 0 Å². The Morgan fingerprint density at radius 2 is 2.18 bits per heavy atom. The zero-order valence-electron chi connectivity index (χ0n) is 15.5. The summed E-state index contributed by atoms with van der Waals surface area (Å²) in [6.45, 7) is 4.87. The molecule has 5 rings (SSSR count). The third-order valence-corrected chi connectivity index (χ3v) is 5.83. The number of fused-ring (bicyclic) bond motifs is 2. The van der Waals surface area contributed by atoms with Crippen molar-refractivity contribution in [1.29, 1.82) is 0 Å². The topological polar surface area (TPSA) is 120 Å². The van der Waals surface area contributed by atoms with Crippen LogP contribution in [0, 0.1) is 11.8 Å². The van der Waals surface area contributed by atoms with Gasteiger partial charge in [0, 0.05) is 36.8 Å². The summed E-state index contributed by atoms with van der Waals surface area (Å²) in [6, 6.07) is 0.